The van der Waals surface area contributed by atoms with Crippen LogP contribution in [0.25, 0.3) is 0 Å². The van der Waals surface area contributed by atoms with E-state index in [1.54, 1.807) is 7.11 Å². The van der Waals surface area contributed by atoms with Gasteiger partial charge in [-0.15, -0.1) is 24.0 Å². The van der Waals surface area contributed by atoms with Crippen molar-refractivity contribution in [1.29, 1.82) is 0 Å². The Morgan fingerprint density at radius 3 is 2.65 bits per heavy atom. The largest absolute Gasteiger partial charge is 0.383 e. The molecule has 1 aliphatic rings. The van der Waals surface area contributed by atoms with Crippen molar-refractivity contribution in [2.24, 2.45) is 10.7 Å². The zero-order valence-electron chi connectivity index (χ0n) is 12.8. The number of likely N-dealkylation sites (tertiary alicyclic amines) is 1. The Morgan fingerprint density at radius 1 is 1.20 bits per heavy atom. The molecule has 0 amide bonds. The number of hydrogen-bond donors (Lipinski definition) is 2. The van der Waals surface area contributed by atoms with Crippen LogP contribution in [0.2, 0.25) is 0 Å². The standard InChI is InChI=1S/C14H30N4O.HI/c1-19-13-9-17-14(15)16-8-4-2-5-10-18-11-6-3-7-12-18;/h2-13H2,1H3,(H3,15,16,17);1H. The van der Waals surface area contributed by atoms with Crippen LogP contribution < -0.4 is 11.1 Å². The number of nitrogens with two attached hydrogens (primary N) is 1. The maximum absolute atomic E-state index is 5.72. The summed E-state index contributed by atoms with van der Waals surface area (Å²) in [6, 6.07) is 0. The molecule has 120 valence electrons. The third kappa shape index (κ3) is 10.7. The van der Waals surface area contributed by atoms with Gasteiger partial charge in [0.25, 0.3) is 0 Å². The molecule has 6 heteroatoms. The highest BCUT2D eigenvalue weighted by molar-refractivity contribution is 14.0. The van der Waals surface area contributed by atoms with Crippen LogP contribution in [-0.4, -0.2) is 57.3 Å². The predicted octanol–water partition coefficient (Wildman–Crippen LogP) is 1.81. The van der Waals surface area contributed by atoms with Crippen molar-refractivity contribution in [2.75, 3.05) is 46.4 Å². The minimum Gasteiger partial charge on any atom is -0.383 e. The highest BCUT2D eigenvalue weighted by Crippen LogP contribution is 2.09. The molecule has 0 spiro atoms. The van der Waals surface area contributed by atoms with Crippen LogP contribution >= 0.6 is 24.0 Å². The fourth-order valence-corrected chi connectivity index (χ4v) is 2.34. The second-order valence-electron chi connectivity index (χ2n) is 5.15. The fourth-order valence-electron chi connectivity index (χ4n) is 2.34. The van der Waals surface area contributed by atoms with E-state index < -0.39 is 0 Å². The lowest BCUT2D eigenvalue weighted by Crippen LogP contribution is -2.34. The summed E-state index contributed by atoms with van der Waals surface area (Å²) in [7, 11) is 1.68. The average Bonchev–Trinajstić information content (AvgIpc) is 2.44. The molecule has 1 fully saturated rings. The molecule has 1 rings (SSSR count). The molecule has 0 aromatic rings. The maximum atomic E-state index is 5.72. The van der Waals surface area contributed by atoms with Crippen molar-refractivity contribution in [1.82, 2.24) is 10.2 Å². The molecule has 5 nitrogen and oxygen atoms in total. The molecule has 0 saturated carbocycles. The van der Waals surface area contributed by atoms with E-state index >= 15 is 0 Å². The van der Waals surface area contributed by atoms with Gasteiger partial charge >= 0.3 is 0 Å². The minimum absolute atomic E-state index is 0. The lowest BCUT2D eigenvalue weighted by Gasteiger charge is -2.26. The van der Waals surface area contributed by atoms with Gasteiger partial charge < -0.3 is 20.7 Å². The van der Waals surface area contributed by atoms with E-state index in [2.05, 4.69) is 15.2 Å². The van der Waals surface area contributed by atoms with Crippen LogP contribution in [0.15, 0.2) is 4.99 Å². The van der Waals surface area contributed by atoms with Gasteiger partial charge in [-0.1, -0.05) is 12.8 Å². The van der Waals surface area contributed by atoms with Crippen LogP contribution in [0.1, 0.15) is 38.5 Å². The number of ether oxygens (including phenoxy) is 1. The molecule has 1 heterocycles. The molecule has 0 aliphatic carbocycles. The smallest absolute Gasteiger partial charge is 0.188 e. The number of unbranched alkanes of at least 4 members (excludes halogenated alkanes) is 2. The highest BCUT2D eigenvalue weighted by atomic mass is 127. The quantitative estimate of drug-likeness (QED) is 0.269. The predicted molar refractivity (Wildman–Crippen MR) is 95.9 cm³/mol. The number of guanidine groups is 1. The van der Waals surface area contributed by atoms with E-state index in [0.29, 0.717) is 12.6 Å². The average molecular weight is 398 g/mol. The second-order valence-corrected chi connectivity index (χ2v) is 5.15. The number of nitrogens with one attached hydrogen (secondary N) is 1. The molecule has 0 unspecified atom stereocenters. The number of halogens is 1. The Labute approximate surface area is 140 Å². The van der Waals surface area contributed by atoms with E-state index in [1.165, 1.54) is 51.7 Å². The third-order valence-corrected chi connectivity index (χ3v) is 3.48. The molecule has 0 bridgehead atoms. The molecular formula is C14H31IN4O. The summed E-state index contributed by atoms with van der Waals surface area (Å²) < 4.78 is 4.93. The summed E-state index contributed by atoms with van der Waals surface area (Å²) in [5, 5.41) is 3.02. The number of hydrogen-bond acceptors (Lipinski definition) is 3. The first-order valence-corrected chi connectivity index (χ1v) is 7.58. The van der Waals surface area contributed by atoms with Crippen LogP contribution in [0.5, 0.6) is 0 Å². The third-order valence-electron chi connectivity index (χ3n) is 3.48. The summed E-state index contributed by atoms with van der Waals surface area (Å²) in [4.78, 5) is 6.89. The monoisotopic (exact) mass is 398 g/mol. The molecule has 0 radical (unpaired) electrons. The van der Waals surface area contributed by atoms with Crippen molar-refractivity contribution < 1.29 is 4.74 Å². The van der Waals surface area contributed by atoms with Crippen molar-refractivity contribution >= 4 is 29.9 Å². The van der Waals surface area contributed by atoms with Gasteiger partial charge in [-0.25, -0.2) is 0 Å². The van der Waals surface area contributed by atoms with Gasteiger partial charge in [0.1, 0.15) is 0 Å². The van der Waals surface area contributed by atoms with Crippen molar-refractivity contribution in [2.45, 2.75) is 38.5 Å². The van der Waals surface area contributed by atoms with Crippen LogP contribution in [0, 0.1) is 0 Å². The van der Waals surface area contributed by atoms with E-state index in [1.807, 2.05) is 0 Å². The van der Waals surface area contributed by atoms with E-state index in [9.17, 15) is 0 Å². The fraction of sp³-hybridized carbons (Fsp3) is 0.929. The number of aliphatic imine (C=N–C) groups is 1. The number of nitrogens with zero attached hydrogens (tertiary/aromatic N) is 2. The van der Waals surface area contributed by atoms with E-state index in [4.69, 9.17) is 10.5 Å². The Hall–Kier alpha value is -0.0800. The van der Waals surface area contributed by atoms with Crippen LogP contribution in [0.3, 0.4) is 0 Å². The lowest BCUT2D eigenvalue weighted by atomic mass is 10.1. The van der Waals surface area contributed by atoms with Crippen molar-refractivity contribution in [3.8, 4) is 0 Å². The van der Waals surface area contributed by atoms with Crippen molar-refractivity contribution in [3.63, 3.8) is 0 Å². The van der Waals surface area contributed by atoms with Crippen LogP contribution in [0.4, 0.5) is 0 Å². The number of methoxy groups -OCH3 is 1. The molecule has 0 atom stereocenters. The Balaban J connectivity index is 0.00000361. The minimum atomic E-state index is 0. The van der Waals surface area contributed by atoms with E-state index in [-0.39, 0.29) is 24.0 Å². The van der Waals surface area contributed by atoms with Crippen LogP contribution in [-0.2, 0) is 4.74 Å². The van der Waals surface area contributed by atoms with Gasteiger partial charge in [0.15, 0.2) is 5.96 Å². The Morgan fingerprint density at radius 2 is 1.95 bits per heavy atom. The summed E-state index contributed by atoms with van der Waals surface area (Å²) in [5.74, 6) is 0.535. The lowest BCUT2D eigenvalue weighted by molar-refractivity contribution is 0.204. The first-order valence-electron chi connectivity index (χ1n) is 7.58. The molecule has 0 aromatic carbocycles. The summed E-state index contributed by atoms with van der Waals surface area (Å²) in [5.41, 5.74) is 5.72. The molecule has 3 N–H and O–H groups in total. The van der Waals surface area contributed by atoms with Gasteiger partial charge in [0.2, 0.25) is 0 Å². The maximum Gasteiger partial charge on any atom is 0.188 e. The zero-order chi connectivity index (χ0) is 13.8. The first-order chi connectivity index (χ1) is 9.33. The molecule has 1 aliphatic heterocycles. The van der Waals surface area contributed by atoms with Gasteiger partial charge in [0.05, 0.1) is 6.61 Å². The van der Waals surface area contributed by atoms with E-state index in [0.717, 1.165) is 19.5 Å². The van der Waals surface area contributed by atoms with Gasteiger partial charge in [-0.2, -0.15) is 0 Å². The summed E-state index contributed by atoms with van der Waals surface area (Å²) in [6.45, 7) is 6.06. The number of piperidine rings is 1. The van der Waals surface area contributed by atoms with Crippen molar-refractivity contribution in [3.05, 3.63) is 0 Å². The SMILES string of the molecule is COCCNC(N)=NCCCCCN1CCCCC1.I. The topological polar surface area (TPSA) is 62.9 Å². The molecule has 0 aromatic heterocycles. The highest BCUT2D eigenvalue weighted by Gasteiger charge is 2.08. The van der Waals surface area contributed by atoms with Gasteiger partial charge in [-0.3, -0.25) is 4.99 Å². The number of rotatable bonds is 9. The second kappa shape index (κ2) is 13.9. The Bertz CT molecular complexity index is 245. The molecular weight excluding hydrogens is 367 g/mol. The normalized spacial score (nSPS) is 16.8. The first kappa shape index (κ1) is 19.9. The summed E-state index contributed by atoms with van der Waals surface area (Å²) in [6.07, 6.45) is 7.83. The molecule has 20 heavy (non-hydrogen) atoms. The zero-order valence-corrected chi connectivity index (χ0v) is 15.1. The Kier molecular flexibility index (Phi) is 13.8. The molecule has 1 saturated heterocycles. The van der Waals surface area contributed by atoms with Gasteiger partial charge in [-0.05, 0) is 45.3 Å². The summed E-state index contributed by atoms with van der Waals surface area (Å²) >= 11 is 0. The van der Waals surface area contributed by atoms with Gasteiger partial charge in [0, 0.05) is 20.2 Å².